The number of fused-ring (bicyclic) bond motifs is 1. The maximum absolute atomic E-state index is 5.50. The summed E-state index contributed by atoms with van der Waals surface area (Å²) in [5.41, 5.74) is 0.737. The number of anilines is 1. The first-order valence-electron chi connectivity index (χ1n) is 5.76. The highest BCUT2D eigenvalue weighted by molar-refractivity contribution is 5.85. The summed E-state index contributed by atoms with van der Waals surface area (Å²) in [6, 6.07) is 3.96. The first-order valence-corrected chi connectivity index (χ1v) is 5.76. The van der Waals surface area contributed by atoms with Crippen molar-refractivity contribution in [3.63, 3.8) is 0 Å². The molecule has 3 aromatic rings. The maximum Gasteiger partial charge on any atom is 0.160 e. The van der Waals surface area contributed by atoms with E-state index in [0.29, 0.717) is 0 Å². The minimum Gasteiger partial charge on any atom is -0.466 e. The predicted octanol–water partition coefficient (Wildman–Crippen LogP) is 1.91. The van der Waals surface area contributed by atoms with Gasteiger partial charge in [-0.3, -0.25) is 5.10 Å². The van der Waals surface area contributed by atoms with Gasteiger partial charge in [0.15, 0.2) is 5.65 Å². The van der Waals surface area contributed by atoms with E-state index in [2.05, 4.69) is 25.5 Å². The van der Waals surface area contributed by atoms with Gasteiger partial charge in [-0.15, -0.1) is 0 Å². The van der Waals surface area contributed by atoms with Crippen LogP contribution >= 0.6 is 0 Å². The Morgan fingerprint density at radius 1 is 1.33 bits per heavy atom. The molecular formula is C12H13N5O. The molecule has 18 heavy (non-hydrogen) atoms. The molecule has 0 aliphatic carbocycles. The smallest absolute Gasteiger partial charge is 0.160 e. The second kappa shape index (κ2) is 4.48. The Kier molecular flexibility index (Phi) is 2.68. The Labute approximate surface area is 103 Å². The molecule has 3 rings (SSSR count). The van der Waals surface area contributed by atoms with Crippen molar-refractivity contribution in [3.8, 4) is 0 Å². The average Bonchev–Trinajstić information content (AvgIpc) is 2.98. The zero-order valence-corrected chi connectivity index (χ0v) is 9.97. The van der Waals surface area contributed by atoms with Gasteiger partial charge in [0.2, 0.25) is 0 Å². The molecule has 0 amide bonds. The lowest BCUT2D eigenvalue weighted by molar-refractivity contribution is 0.486. The minimum atomic E-state index is 0.737. The van der Waals surface area contributed by atoms with E-state index >= 15 is 0 Å². The largest absolute Gasteiger partial charge is 0.466 e. The molecule has 6 nitrogen and oxygen atoms in total. The van der Waals surface area contributed by atoms with Gasteiger partial charge in [-0.1, -0.05) is 0 Å². The molecule has 0 radical (unpaired) electrons. The third kappa shape index (κ3) is 2.04. The summed E-state index contributed by atoms with van der Waals surface area (Å²) >= 11 is 0. The number of hydrogen-bond donors (Lipinski definition) is 2. The van der Waals surface area contributed by atoms with Crippen molar-refractivity contribution in [2.75, 3.05) is 11.9 Å². The Balaban J connectivity index is 1.68. The maximum atomic E-state index is 5.50. The molecule has 0 aliphatic heterocycles. The summed E-state index contributed by atoms with van der Waals surface area (Å²) in [5, 5.41) is 10.9. The lowest BCUT2D eigenvalue weighted by Crippen LogP contribution is -2.06. The number of aromatic amines is 1. The highest BCUT2D eigenvalue weighted by Crippen LogP contribution is 2.16. The number of hydrogen-bond acceptors (Lipinski definition) is 5. The standard InChI is InChI=1S/C12H13N5O/c1-8-2-3-9(18-8)4-5-13-11-10-6-16-17-12(10)15-7-14-11/h2-3,6-7H,4-5H2,1H3,(H2,13,14,15,16,17). The minimum absolute atomic E-state index is 0.737. The Hall–Kier alpha value is -2.37. The van der Waals surface area contributed by atoms with Crippen LogP contribution in [-0.2, 0) is 6.42 Å². The first kappa shape index (κ1) is 10.8. The second-order valence-electron chi connectivity index (χ2n) is 4.04. The van der Waals surface area contributed by atoms with Gasteiger partial charge in [-0.25, -0.2) is 9.97 Å². The normalized spacial score (nSPS) is 10.9. The summed E-state index contributed by atoms with van der Waals surface area (Å²) < 4.78 is 5.50. The van der Waals surface area contributed by atoms with Crippen LogP contribution in [0.25, 0.3) is 11.0 Å². The van der Waals surface area contributed by atoms with Crippen molar-refractivity contribution >= 4 is 16.9 Å². The molecule has 92 valence electrons. The molecule has 0 saturated carbocycles. The Morgan fingerprint density at radius 3 is 3.11 bits per heavy atom. The SMILES string of the molecule is Cc1ccc(CCNc2ncnc3[nH]ncc23)o1. The van der Waals surface area contributed by atoms with Crippen LogP contribution < -0.4 is 5.32 Å². The number of aromatic nitrogens is 4. The molecule has 0 spiro atoms. The number of aryl methyl sites for hydroxylation is 1. The molecule has 2 N–H and O–H groups in total. The van der Waals surface area contributed by atoms with Gasteiger partial charge in [0.05, 0.1) is 11.6 Å². The number of nitrogens with zero attached hydrogens (tertiary/aromatic N) is 3. The fourth-order valence-corrected chi connectivity index (χ4v) is 1.83. The molecule has 0 fully saturated rings. The monoisotopic (exact) mass is 243 g/mol. The van der Waals surface area contributed by atoms with Crippen LogP contribution in [0, 0.1) is 6.92 Å². The first-order chi connectivity index (χ1) is 8.83. The summed E-state index contributed by atoms with van der Waals surface area (Å²) in [6.07, 6.45) is 4.05. The van der Waals surface area contributed by atoms with E-state index in [9.17, 15) is 0 Å². The van der Waals surface area contributed by atoms with Gasteiger partial charge < -0.3 is 9.73 Å². The molecule has 6 heteroatoms. The van der Waals surface area contributed by atoms with Crippen LogP contribution in [0.15, 0.2) is 29.1 Å². The third-order valence-electron chi connectivity index (χ3n) is 2.71. The number of H-pyrrole nitrogens is 1. The summed E-state index contributed by atoms with van der Waals surface area (Å²) in [6.45, 7) is 2.70. The molecule has 0 unspecified atom stereocenters. The third-order valence-corrected chi connectivity index (χ3v) is 2.71. The van der Waals surface area contributed by atoms with Crippen LogP contribution in [0.4, 0.5) is 5.82 Å². The van der Waals surface area contributed by atoms with E-state index in [0.717, 1.165) is 41.3 Å². The quantitative estimate of drug-likeness (QED) is 0.731. The van der Waals surface area contributed by atoms with Gasteiger partial charge in [-0.05, 0) is 19.1 Å². The number of rotatable bonds is 4. The highest BCUT2D eigenvalue weighted by Gasteiger charge is 2.05. The zero-order chi connectivity index (χ0) is 12.4. The number of furan rings is 1. The molecule has 0 aromatic carbocycles. The number of nitrogens with one attached hydrogen (secondary N) is 2. The highest BCUT2D eigenvalue weighted by atomic mass is 16.3. The van der Waals surface area contributed by atoms with Crippen LogP contribution in [-0.4, -0.2) is 26.7 Å². The van der Waals surface area contributed by atoms with E-state index in [1.165, 1.54) is 6.33 Å². The zero-order valence-electron chi connectivity index (χ0n) is 9.97. The lowest BCUT2D eigenvalue weighted by Gasteiger charge is -2.04. The fourth-order valence-electron chi connectivity index (χ4n) is 1.83. The lowest BCUT2D eigenvalue weighted by atomic mass is 10.3. The van der Waals surface area contributed by atoms with Crippen molar-refractivity contribution in [2.45, 2.75) is 13.3 Å². The Bertz CT molecular complexity index is 657. The van der Waals surface area contributed by atoms with Crippen molar-refractivity contribution < 1.29 is 4.42 Å². The summed E-state index contributed by atoms with van der Waals surface area (Å²) in [7, 11) is 0. The topological polar surface area (TPSA) is 79.6 Å². The molecule has 0 atom stereocenters. The molecule has 3 heterocycles. The van der Waals surface area contributed by atoms with Crippen LogP contribution in [0.5, 0.6) is 0 Å². The van der Waals surface area contributed by atoms with Gasteiger partial charge >= 0.3 is 0 Å². The molecule has 0 bridgehead atoms. The second-order valence-corrected chi connectivity index (χ2v) is 4.04. The molecule has 0 saturated heterocycles. The van der Waals surface area contributed by atoms with E-state index in [-0.39, 0.29) is 0 Å². The van der Waals surface area contributed by atoms with Crippen LogP contribution in [0.1, 0.15) is 11.5 Å². The van der Waals surface area contributed by atoms with E-state index < -0.39 is 0 Å². The van der Waals surface area contributed by atoms with E-state index in [4.69, 9.17) is 4.42 Å². The molecule has 3 aromatic heterocycles. The van der Waals surface area contributed by atoms with E-state index in [1.807, 2.05) is 19.1 Å². The van der Waals surface area contributed by atoms with Gasteiger partial charge in [0.1, 0.15) is 23.7 Å². The van der Waals surface area contributed by atoms with Crippen molar-refractivity contribution in [3.05, 3.63) is 36.2 Å². The predicted molar refractivity (Wildman–Crippen MR) is 67.3 cm³/mol. The van der Waals surface area contributed by atoms with Crippen molar-refractivity contribution in [2.24, 2.45) is 0 Å². The van der Waals surface area contributed by atoms with Gasteiger partial charge in [-0.2, -0.15) is 5.10 Å². The summed E-state index contributed by atoms with van der Waals surface area (Å²) in [4.78, 5) is 8.29. The Morgan fingerprint density at radius 2 is 2.28 bits per heavy atom. The van der Waals surface area contributed by atoms with Crippen molar-refractivity contribution in [1.29, 1.82) is 0 Å². The van der Waals surface area contributed by atoms with Crippen LogP contribution in [0.2, 0.25) is 0 Å². The molecule has 0 aliphatic rings. The van der Waals surface area contributed by atoms with Gasteiger partial charge in [0, 0.05) is 13.0 Å². The summed E-state index contributed by atoms with van der Waals surface area (Å²) in [5.74, 6) is 2.69. The van der Waals surface area contributed by atoms with E-state index in [1.54, 1.807) is 6.20 Å². The van der Waals surface area contributed by atoms with Crippen LogP contribution in [0.3, 0.4) is 0 Å². The average molecular weight is 243 g/mol. The van der Waals surface area contributed by atoms with Crippen molar-refractivity contribution in [1.82, 2.24) is 20.2 Å². The fraction of sp³-hybridized carbons (Fsp3) is 0.250. The molecular weight excluding hydrogens is 230 g/mol. The van der Waals surface area contributed by atoms with Gasteiger partial charge in [0.25, 0.3) is 0 Å².